The molecule has 0 unspecified atom stereocenters. The molecule has 0 radical (unpaired) electrons. The number of hydrogen-bond acceptors (Lipinski definition) is 4. The number of nitrogens with one attached hydrogen (secondary N) is 1. The Labute approximate surface area is 120 Å². The maximum absolute atomic E-state index is 13.8. The highest BCUT2D eigenvalue weighted by molar-refractivity contribution is 7.92. The first-order valence-corrected chi connectivity index (χ1v) is 7.36. The van der Waals surface area contributed by atoms with E-state index in [-0.39, 0.29) is 16.5 Å². The fraction of sp³-hybridized carbons (Fsp3) is 0.0833. The smallest absolute Gasteiger partial charge is 0.266 e. The topological polar surface area (TPSA) is 85.1 Å². The van der Waals surface area contributed by atoms with Crippen molar-refractivity contribution >= 4 is 33.1 Å². The van der Waals surface area contributed by atoms with E-state index in [2.05, 4.69) is 9.71 Å². The number of pyridine rings is 1. The van der Waals surface area contributed by atoms with Gasteiger partial charge < -0.3 is 5.73 Å². The van der Waals surface area contributed by atoms with Gasteiger partial charge in [-0.2, -0.15) is 0 Å². The van der Waals surface area contributed by atoms with Crippen LogP contribution in [-0.2, 0) is 10.0 Å². The molecule has 0 atom stereocenters. The molecular formula is C12H11ClFN3O2S. The zero-order chi connectivity index (χ0) is 14.9. The lowest BCUT2D eigenvalue weighted by atomic mass is 10.3. The Morgan fingerprint density at radius 3 is 2.70 bits per heavy atom. The van der Waals surface area contributed by atoms with E-state index in [1.54, 1.807) is 13.0 Å². The van der Waals surface area contributed by atoms with E-state index in [1.807, 2.05) is 0 Å². The van der Waals surface area contributed by atoms with Gasteiger partial charge in [0.1, 0.15) is 10.7 Å². The summed E-state index contributed by atoms with van der Waals surface area (Å²) in [5.74, 6) is -0.969. The van der Waals surface area contributed by atoms with Crippen molar-refractivity contribution in [2.75, 3.05) is 10.5 Å². The van der Waals surface area contributed by atoms with Crippen LogP contribution >= 0.6 is 11.6 Å². The number of aromatic nitrogens is 1. The number of hydrogen-bond donors (Lipinski definition) is 2. The Morgan fingerprint density at radius 2 is 2.05 bits per heavy atom. The summed E-state index contributed by atoms with van der Waals surface area (Å²) >= 11 is 5.59. The van der Waals surface area contributed by atoms with Gasteiger partial charge in [0.15, 0.2) is 5.82 Å². The van der Waals surface area contributed by atoms with E-state index in [0.717, 1.165) is 17.7 Å². The average Bonchev–Trinajstić information content (AvgIpc) is 2.33. The molecule has 0 aliphatic rings. The first-order valence-electron chi connectivity index (χ1n) is 5.49. The van der Waals surface area contributed by atoms with Gasteiger partial charge in [0.2, 0.25) is 0 Å². The molecule has 0 bridgehead atoms. The number of nitrogens with two attached hydrogens (primary N) is 1. The van der Waals surface area contributed by atoms with Crippen molar-refractivity contribution in [3.05, 3.63) is 46.9 Å². The van der Waals surface area contributed by atoms with E-state index in [9.17, 15) is 12.8 Å². The third kappa shape index (κ3) is 3.00. The Kier molecular flexibility index (Phi) is 3.82. The summed E-state index contributed by atoms with van der Waals surface area (Å²) < 4.78 is 40.3. The van der Waals surface area contributed by atoms with Crippen LogP contribution in [0.3, 0.4) is 0 Å². The van der Waals surface area contributed by atoms with Crippen LogP contribution in [0.25, 0.3) is 0 Å². The number of nitrogen functional groups attached to an aromatic ring is 1. The largest absolute Gasteiger partial charge is 0.399 e. The zero-order valence-corrected chi connectivity index (χ0v) is 12.0. The third-order valence-electron chi connectivity index (χ3n) is 2.46. The normalized spacial score (nSPS) is 11.3. The highest BCUT2D eigenvalue weighted by atomic mass is 35.5. The highest BCUT2D eigenvalue weighted by Gasteiger charge is 2.22. The van der Waals surface area contributed by atoms with Gasteiger partial charge >= 0.3 is 0 Å². The minimum Gasteiger partial charge on any atom is -0.399 e. The van der Waals surface area contributed by atoms with E-state index in [0.29, 0.717) is 0 Å². The van der Waals surface area contributed by atoms with Crippen molar-refractivity contribution in [1.82, 2.24) is 4.98 Å². The molecular weight excluding hydrogens is 305 g/mol. The number of benzene rings is 1. The minimum absolute atomic E-state index is 0.0500. The van der Waals surface area contributed by atoms with E-state index >= 15 is 0 Å². The summed E-state index contributed by atoms with van der Waals surface area (Å²) in [6.45, 7) is 1.78. The van der Waals surface area contributed by atoms with Crippen LogP contribution in [0.1, 0.15) is 5.56 Å². The van der Waals surface area contributed by atoms with Crippen LogP contribution in [0.4, 0.5) is 15.9 Å². The van der Waals surface area contributed by atoms with Gasteiger partial charge in [0.05, 0.1) is 5.02 Å². The predicted molar refractivity (Wildman–Crippen MR) is 75.6 cm³/mol. The van der Waals surface area contributed by atoms with Crippen molar-refractivity contribution in [3.8, 4) is 0 Å². The second-order valence-corrected chi connectivity index (χ2v) is 6.20. The molecule has 1 heterocycles. The van der Waals surface area contributed by atoms with Crippen LogP contribution < -0.4 is 10.5 Å². The second kappa shape index (κ2) is 5.26. The van der Waals surface area contributed by atoms with Crippen molar-refractivity contribution in [2.45, 2.75) is 11.8 Å². The highest BCUT2D eigenvalue weighted by Crippen LogP contribution is 2.26. The van der Waals surface area contributed by atoms with E-state index in [1.165, 1.54) is 12.3 Å². The number of halogens is 2. The van der Waals surface area contributed by atoms with Crippen LogP contribution in [0.15, 0.2) is 35.4 Å². The summed E-state index contributed by atoms with van der Waals surface area (Å²) in [4.78, 5) is 3.23. The number of anilines is 2. The predicted octanol–water partition coefficient (Wildman–Crippen LogP) is 2.57. The van der Waals surface area contributed by atoms with Gasteiger partial charge in [-0.3, -0.25) is 4.72 Å². The Bertz CT molecular complexity index is 765. The molecule has 0 saturated heterocycles. The summed E-state index contributed by atoms with van der Waals surface area (Å²) in [6, 6.07) is 5.36. The maximum Gasteiger partial charge on any atom is 0.266 e. The van der Waals surface area contributed by atoms with E-state index < -0.39 is 20.7 Å². The second-order valence-electron chi connectivity index (χ2n) is 4.14. The van der Waals surface area contributed by atoms with Crippen molar-refractivity contribution < 1.29 is 12.8 Å². The van der Waals surface area contributed by atoms with Gasteiger partial charge in [0, 0.05) is 11.9 Å². The number of nitrogens with zero attached hydrogens (tertiary/aromatic N) is 1. The van der Waals surface area contributed by atoms with Crippen LogP contribution in [0.5, 0.6) is 0 Å². The summed E-state index contributed by atoms with van der Waals surface area (Å²) in [7, 11) is -4.16. The fourth-order valence-corrected chi connectivity index (χ4v) is 2.98. The lowest BCUT2D eigenvalue weighted by Gasteiger charge is -2.10. The summed E-state index contributed by atoms with van der Waals surface area (Å²) in [6.07, 6.45) is 1.44. The summed E-state index contributed by atoms with van der Waals surface area (Å²) in [5, 5.41) is -0.359. The standard InChI is InChI=1S/C12H11ClFN3O2S/c1-7-2-3-16-11(4-7)17-20(18,19)10-6-8(15)5-9(13)12(10)14/h2-6H,15H2,1H3,(H,16,17). The number of aryl methyl sites for hydroxylation is 1. The Balaban J connectivity index is 2.46. The zero-order valence-electron chi connectivity index (χ0n) is 10.4. The molecule has 0 spiro atoms. The molecule has 0 aliphatic carbocycles. The summed E-state index contributed by atoms with van der Waals surface area (Å²) in [5.41, 5.74) is 6.34. The first kappa shape index (κ1) is 14.5. The van der Waals surface area contributed by atoms with Crippen molar-refractivity contribution in [3.63, 3.8) is 0 Å². The van der Waals surface area contributed by atoms with Gasteiger partial charge in [-0.15, -0.1) is 0 Å². The number of rotatable bonds is 3. The number of sulfonamides is 1. The van der Waals surface area contributed by atoms with Gasteiger partial charge in [0.25, 0.3) is 10.0 Å². The molecule has 20 heavy (non-hydrogen) atoms. The molecule has 2 aromatic rings. The SMILES string of the molecule is Cc1ccnc(NS(=O)(=O)c2cc(N)cc(Cl)c2F)c1. The Morgan fingerprint density at radius 1 is 1.35 bits per heavy atom. The van der Waals surface area contributed by atoms with Crippen molar-refractivity contribution in [2.24, 2.45) is 0 Å². The van der Waals surface area contributed by atoms with Crippen LogP contribution in [-0.4, -0.2) is 13.4 Å². The molecule has 0 fully saturated rings. The molecule has 0 saturated carbocycles. The quantitative estimate of drug-likeness (QED) is 0.852. The molecule has 5 nitrogen and oxygen atoms in total. The molecule has 106 valence electrons. The minimum atomic E-state index is -4.16. The molecule has 3 N–H and O–H groups in total. The molecule has 8 heteroatoms. The van der Waals surface area contributed by atoms with Gasteiger partial charge in [-0.25, -0.2) is 17.8 Å². The van der Waals surface area contributed by atoms with Gasteiger partial charge in [-0.1, -0.05) is 11.6 Å². The Hall–Kier alpha value is -1.86. The lowest BCUT2D eigenvalue weighted by molar-refractivity contribution is 0.570. The van der Waals surface area contributed by atoms with Crippen LogP contribution in [0.2, 0.25) is 5.02 Å². The monoisotopic (exact) mass is 315 g/mol. The maximum atomic E-state index is 13.8. The molecule has 1 aromatic heterocycles. The average molecular weight is 316 g/mol. The molecule has 1 aromatic carbocycles. The first-order chi connectivity index (χ1) is 9.29. The fourth-order valence-electron chi connectivity index (χ4n) is 1.56. The molecule has 2 rings (SSSR count). The van der Waals surface area contributed by atoms with E-state index in [4.69, 9.17) is 17.3 Å². The molecule has 0 aliphatic heterocycles. The third-order valence-corrected chi connectivity index (χ3v) is 4.09. The van der Waals surface area contributed by atoms with Crippen molar-refractivity contribution in [1.29, 1.82) is 0 Å². The van der Waals surface area contributed by atoms with Crippen LogP contribution in [0, 0.1) is 12.7 Å². The van der Waals surface area contributed by atoms with Gasteiger partial charge in [-0.05, 0) is 36.8 Å². The molecule has 0 amide bonds. The lowest BCUT2D eigenvalue weighted by Crippen LogP contribution is -2.16.